The Kier molecular flexibility index (Phi) is 7.54. The van der Waals surface area contributed by atoms with Crippen LogP contribution in [0.4, 0.5) is 23.9 Å². The third-order valence-electron chi connectivity index (χ3n) is 3.62. The molecule has 148 valence electrons. The first kappa shape index (κ1) is 21.4. The van der Waals surface area contributed by atoms with Crippen molar-refractivity contribution < 1.29 is 22.8 Å². The predicted molar refractivity (Wildman–Crippen MR) is 99.3 cm³/mol. The maximum absolute atomic E-state index is 13.7. The normalized spacial score (nSPS) is 10.6. The Bertz CT molecular complexity index is 911. The fourth-order valence-corrected chi connectivity index (χ4v) is 3.16. The van der Waals surface area contributed by atoms with E-state index in [2.05, 4.69) is 10.6 Å². The van der Waals surface area contributed by atoms with Crippen LogP contribution in [0.15, 0.2) is 23.6 Å². The van der Waals surface area contributed by atoms with Crippen molar-refractivity contribution in [3.63, 3.8) is 0 Å². The molecule has 0 saturated heterocycles. The van der Waals surface area contributed by atoms with Gasteiger partial charge in [0.05, 0.1) is 24.3 Å². The number of carbonyl (C=O) groups is 2. The minimum absolute atomic E-state index is 0.135. The molecule has 28 heavy (non-hydrogen) atoms. The van der Waals surface area contributed by atoms with Crippen LogP contribution < -0.4 is 10.6 Å². The van der Waals surface area contributed by atoms with Crippen LogP contribution in [0.2, 0.25) is 0 Å². The smallest absolute Gasteiger partial charge is 0.239 e. The summed E-state index contributed by atoms with van der Waals surface area (Å²) < 4.78 is 39.9. The molecule has 0 unspecified atom stereocenters. The summed E-state index contributed by atoms with van der Waals surface area (Å²) in [5.41, 5.74) is -0.144. The number of nitriles is 1. The Morgan fingerprint density at radius 3 is 2.43 bits per heavy atom. The first-order chi connectivity index (χ1) is 13.3. The molecule has 1 aromatic carbocycles. The second kappa shape index (κ2) is 9.87. The number of benzene rings is 1. The van der Waals surface area contributed by atoms with E-state index in [4.69, 9.17) is 5.26 Å². The number of halogens is 3. The molecule has 2 aromatic rings. The number of hydrogen-bond acceptors (Lipinski definition) is 5. The van der Waals surface area contributed by atoms with E-state index in [0.717, 1.165) is 6.07 Å². The lowest BCUT2D eigenvalue weighted by Crippen LogP contribution is -2.39. The van der Waals surface area contributed by atoms with E-state index in [1.54, 1.807) is 11.4 Å². The van der Waals surface area contributed by atoms with Crippen molar-refractivity contribution in [2.24, 2.45) is 0 Å². The number of hydrogen-bond donors (Lipinski definition) is 2. The van der Waals surface area contributed by atoms with E-state index >= 15 is 0 Å². The topological polar surface area (TPSA) is 85.2 Å². The SMILES string of the molecule is CCCN(CC(=O)Nc1ccc(F)c(F)c1F)CC(=O)Nc1sccc1C#N. The van der Waals surface area contributed by atoms with Gasteiger partial charge in [-0.05, 0) is 36.5 Å². The number of amides is 2. The van der Waals surface area contributed by atoms with Gasteiger partial charge in [-0.1, -0.05) is 6.92 Å². The summed E-state index contributed by atoms with van der Waals surface area (Å²) in [5, 5.41) is 15.8. The third kappa shape index (κ3) is 5.55. The van der Waals surface area contributed by atoms with Gasteiger partial charge in [0.1, 0.15) is 11.1 Å². The molecule has 1 aromatic heterocycles. The molecule has 2 amide bonds. The van der Waals surface area contributed by atoms with E-state index < -0.39 is 35.0 Å². The average Bonchev–Trinajstić information content (AvgIpc) is 3.09. The second-order valence-electron chi connectivity index (χ2n) is 5.81. The fourth-order valence-electron chi connectivity index (χ4n) is 2.41. The van der Waals surface area contributed by atoms with Crippen molar-refractivity contribution in [3.05, 3.63) is 46.6 Å². The Morgan fingerprint density at radius 1 is 1.11 bits per heavy atom. The molecule has 0 saturated carbocycles. The molecule has 1 heterocycles. The first-order valence-corrected chi connectivity index (χ1v) is 9.16. The summed E-state index contributed by atoms with van der Waals surface area (Å²) in [6.45, 7) is 1.86. The van der Waals surface area contributed by atoms with Crippen molar-refractivity contribution >= 4 is 33.8 Å². The lowest BCUT2D eigenvalue weighted by molar-refractivity contribution is -0.120. The summed E-state index contributed by atoms with van der Waals surface area (Å²) in [5.74, 6) is -5.62. The minimum atomic E-state index is -1.67. The molecule has 2 N–H and O–H groups in total. The standard InChI is InChI=1S/C18H17F3N4O2S/c1-2-6-25(10-15(27)24-18-11(8-22)5-7-28-18)9-14(26)23-13-4-3-12(19)16(20)17(13)21/h3-5,7H,2,6,9-10H2,1H3,(H,23,26)(H,24,27). The number of anilines is 2. The van der Waals surface area contributed by atoms with E-state index in [-0.39, 0.29) is 13.1 Å². The molecule has 0 fully saturated rings. The largest absolute Gasteiger partial charge is 0.322 e. The van der Waals surface area contributed by atoms with E-state index in [0.29, 0.717) is 29.6 Å². The van der Waals surface area contributed by atoms with Crippen LogP contribution in [0, 0.1) is 28.8 Å². The molecule has 2 rings (SSSR count). The Labute approximate surface area is 163 Å². The highest BCUT2D eigenvalue weighted by molar-refractivity contribution is 7.14. The highest BCUT2D eigenvalue weighted by Crippen LogP contribution is 2.22. The molecule has 0 bridgehead atoms. The number of thiophene rings is 1. The van der Waals surface area contributed by atoms with Gasteiger partial charge < -0.3 is 10.6 Å². The third-order valence-corrected chi connectivity index (χ3v) is 4.45. The number of nitrogens with zero attached hydrogens (tertiary/aromatic N) is 2. The van der Waals surface area contributed by atoms with Gasteiger partial charge in [-0.25, -0.2) is 13.2 Å². The number of nitrogens with one attached hydrogen (secondary N) is 2. The molecule has 0 aliphatic carbocycles. The first-order valence-electron chi connectivity index (χ1n) is 8.28. The molecule has 0 atom stereocenters. The van der Waals surface area contributed by atoms with Crippen molar-refractivity contribution in [3.8, 4) is 6.07 Å². The summed E-state index contributed by atoms with van der Waals surface area (Å²) in [4.78, 5) is 25.9. The fraction of sp³-hybridized carbons (Fsp3) is 0.278. The molecule has 0 radical (unpaired) electrons. The Balaban J connectivity index is 1.98. The van der Waals surface area contributed by atoms with Crippen LogP contribution in [0.25, 0.3) is 0 Å². The average molecular weight is 410 g/mol. The molecular weight excluding hydrogens is 393 g/mol. The second-order valence-corrected chi connectivity index (χ2v) is 6.72. The van der Waals surface area contributed by atoms with Crippen LogP contribution in [0.5, 0.6) is 0 Å². The van der Waals surface area contributed by atoms with E-state index in [1.165, 1.54) is 16.2 Å². The monoisotopic (exact) mass is 410 g/mol. The van der Waals surface area contributed by atoms with Crippen LogP contribution >= 0.6 is 11.3 Å². The molecule has 0 aliphatic heterocycles. The highest BCUT2D eigenvalue weighted by Gasteiger charge is 2.18. The summed E-state index contributed by atoms with van der Waals surface area (Å²) in [7, 11) is 0. The zero-order chi connectivity index (χ0) is 20.7. The van der Waals surface area contributed by atoms with Gasteiger partial charge in [0, 0.05) is 0 Å². The molecule has 0 spiro atoms. The zero-order valence-electron chi connectivity index (χ0n) is 14.9. The summed E-state index contributed by atoms with van der Waals surface area (Å²) >= 11 is 1.20. The summed E-state index contributed by atoms with van der Waals surface area (Å²) in [6, 6.07) is 5.16. The Hall–Kier alpha value is -2.90. The highest BCUT2D eigenvalue weighted by atomic mass is 32.1. The van der Waals surface area contributed by atoms with Crippen molar-refractivity contribution in [1.82, 2.24) is 4.90 Å². The maximum Gasteiger partial charge on any atom is 0.239 e. The van der Waals surface area contributed by atoms with Gasteiger partial charge in [0.15, 0.2) is 17.5 Å². The van der Waals surface area contributed by atoms with Crippen LogP contribution in [0.1, 0.15) is 18.9 Å². The van der Waals surface area contributed by atoms with Gasteiger partial charge in [-0.2, -0.15) is 5.26 Å². The van der Waals surface area contributed by atoms with Crippen molar-refractivity contribution in [1.29, 1.82) is 5.26 Å². The Morgan fingerprint density at radius 2 is 1.79 bits per heavy atom. The van der Waals surface area contributed by atoms with Crippen molar-refractivity contribution in [2.45, 2.75) is 13.3 Å². The van der Waals surface area contributed by atoms with E-state index in [1.807, 2.05) is 13.0 Å². The summed E-state index contributed by atoms with van der Waals surface area (Å²) in [6.07, 6.45) is 0.641. The van der Waals surface area contributed by atoms with Gasteiger partial charge in [0.2, 0.25) is 11.8 Å². The van der Waals surface area contributed by atoms with Gasteiger partial charge in [-0.15, -0.1) is 11.3 Å². The van der Waals surface area contributed by atoms with Crippen molar-refractivity contribution in [2.75, 3.05) is 30.3 Å². The van der Waals surface area contributed by atoms with Gasteiger partial charge in [0.25, 0.3) is 0 Å². The zero-order valence-corrected chi connectivity index (χ0v) is 15.7. The molecule has 6 nitrogen and oxygen atoms in total. The van der Waals surface area contributed by atoms with Crippen LogP contribution in [-0.4, -0.2) is 36.3 Å². The lowest BCUT2D eigenvalue weighted by Gasteiger charge is -2.20. The minimum Gasteiger partial charge on any atom is -0.322 e. The lowest BCUT2D eigenvalue weighted by atomic mass is 10.2. The predicted octanol–water partition coefficient (Wildman–Crippen LogP) is 3.33. The van der Waals surface area contributed by atoms with E-state index in [9.17, 15) is 22.8 Å². The van der Waals surface area contributed by atoms with Gasteiger partial charge in [-0.3, -0.25) is 14.5 Å². The quantitative estimate of drug-likeness (QED) is 0.654. The number of carbonyl (C=O) groups excluding carboxylic acids is 2. The maximum atomic E-state index is 13.7. The van der Waals surface area contributed by atoms with Crippen LogP contribution in [0.3, 0.4) is 0 Å². The number of rotatable bonds is 8. The van der Waals surface area contributed by atoms with Gasteiger partial charge >= 0.3 is 0 Å². The molecule has 0 aliphatic rings. The molecular formula is C18H17F3N4O2S. The van der Waals surface area contributed by atoms with Crippen LogP contribution in [-0.2, 0) is 9.59 Å². The molecule has 10 heteroatoms.